The second-order valence-corrected chi connectivity index (χ2v) is 12.5. The Morgan fingerprint density at radius 2 is 1.88 bits per heavy atom. The molecule has 4 aromatic heterocycles. The molecule has 0 saturated heterocycles. The van der Waals surface area contributed by atoms with E-state index in [1.54, 1.807) is 0 Å². The van der Waals surface area contributed by atoms with Gasteiger partial charge in [-0.25, -0.2) is 19.7 Å². The lowest BCUT2D eigenvalue weighted by atomic mass is 9.80. The molecule has 0 radical (unpaired) electrons. The summed E-state index contributed by atoms with van der Waals surface area (Å²) >= 11 is 0. The molecule has 4 heterocycles. The van der Waals surface area contributed by atoms with Crippen LogP contribution in [0.25, 0.3) is 34.3 Å². The van der Waals surface area contributed by atoms with Gasteiger partial charge < -0.3 is 9.47 Å². The minimum Gasteiger partial charge on any atom is -0.352 e. The highest BCUT2D eigenvalue weighted by Crippen LogP contribution is 2.39. The molecule has 2 aliphatic rings. The largest absolute Gasteiger partial charge is 0.439 e. The predicted molar refractivity (Wildman–Crippen MR) is 160 cm³/mol. The topological polar surface area (TPSA) is 119 Å². The average Bonchev–Trinajstić information content (AvgIpc) is 3.53. The average molecular weight is 559 g/mol. The fraction of sp³-hybridized carbons (Fsp3) is 0.613. The maximum atomic E-state index is 11.8. The van der Waals surface area contributed by atoms with Gasteiger partial charge in [-0.05, 0) is 80.9 Å². The lowest BCUT2D eigenvalue weighted by molar-refractivity contribution is 0.262. The smallest absolute Gasteiger partial charge is 0.352 e. The van der Waals surface area contributed by atoms with E-state index in [0.29, 0.717) is 35.3 Å². The van der Waals surface area contributed by atoms with Crippen molar-refractivity contribution in [1.82, 2.24) is 34.6 Å². The van der Waals surface area contributed by atoms with E-state index in [0.717, 1.165) is 41.9 Å². The van der Waals surface area contributed by atoms with Crippen molar-refractivity contribution in [3.63, 3.8) is 0 Å². The number of aromatic nitrogens is 7. The van der Waals surface area contributed by atoms with E-state index in [9.17, 15) is 4.79 Å². The first-order valence-electron chi connectivity index (χ1n) is 15.4. The number of rotatable bonds is 9. The van der Waals surface area contributed by atoms with E-state index < -0.39 is 5.76 Å². The summed E-state index contributed by atoms with van der Waals surface area (Å²) in [5, 5.41) is 3.91. The van der Waals surface area contributed by atoms with Crippen molar-refractivity contribution < 1.29 is 4.52 Å². The Balaban J connectivity index is 1.58. The highest BCUT2D eigenvalue weighted by atomic mass is 16.5. The van der Waals surface area contributed by atoms with Crippen LogP contribution >= 0.6 is 0 Å². The zero-order valence-electron chi connectivity index (χ0n) is 24.9. The Hall–Kier alpha value is -3.56. The number of fused-ring (bicyclic) bond motifs is 1. The Morgan fingerprint density at radius 1 is 1.10 bits per heavy atom. The first kappa shape index (κ1) is 27.6. The fourth-order valence-corrected chi connectivity index (χ4v) is 6.53. The number of pyridine rings is 1. The summed E-state index contributed by atoms with van der Waals surface area (Å²) in [5.41, 5.74) is 3.58. The van der Waals surface area contributed by atoms with Gasteiger partial charge in [0.15, 0.2) is 17.3 Å². The van der Waals surface area contributed by atoms with Crippen LogP contribution in [0, 0.1) is 17.8 Å². The van der Waals surface area contributed by atoms with E-state index in [2.05, 4.69) is 66.4 Å². The lowest BCUT2D eigenvalue weighted by Crippen LogP contribution is -2.42. The van der Waals surface area contributed by atoms with Crippen molar-refractivity contribution in [2.75, 3.05) is 11.4 Å². The van der Waals surface area contributed by atoms with Gasteiger partial charge in [0, 0.05) is 25.3 Å². The summed E-state index contributed by atoms with van der Waals surface area (Å²) in [4.78, 5) is 36.7. The monoisotopic (exact) mass is 558 g/mol. The van der Waals surface area contributed by atoms with Gasteiger partial charge in [0.1, 0.15) is 11.2 Å². The van der Waals surface area contributed by atoms with Crippen LogP contribution in [-0.2, 0) is 6.54 Å². The number of H-pyrrole nitrogens is 1. The van der Waals surface area contributed by atoms with Gasteiger partial charge in [0.05, 0.1) is 0 Å². The van der Waals surface area contributed by atoms with Gasteiger partial charge in [-0.2, -0.15) is 0 Å². The molecule has 2 aliphatic carbocycles. The number of aromatic amines is 1. The molecule has 0 unspecified atom stereocenters. The summed E-state index contributed by atoms with van der Waals surface area (Å²) in [7, 11) is 0. The second-order valence-electron chi connectivity index (χ2n) is 12.5. The quantitative estimate of drug-likeness (QED) is 0.258. The zero-order chi connectivity index (χ0) is 28.7. The molecule has 6 rings (SSSR count). The van der Waals surface area contributed by atoms with E-state index in [4.69, 9.17) is 24.5 Å². The molecule has 0 spiro atoms. The number of hydrogen-bond acceptors (Lipinski definition) is 8. The van der Waals surface area contributed by atoms with Gasteiger partial charge >= 0.3 is 5.76 Å². The molecule has 2 saturated carbocycles. The normalized spacial score (nSPS) is 20.4. The van der Waals surface area contributed by atoms with Gasteiger partial charge in [0.2, 0.25) is 11.6 Å². The number of nitrogens with zero attached hydrogens (tertiary/aromatic N) is 7. The van der Waals surface area contributed by atoms with Crippen molar-refractivity contribution in [2.24, 2.45) is 17.8 Å². The molecule has 0 amide bonds. The van der Waals surface area contributed by atoms with E-state index in [1.165, 1.54) is 50.5 Å². The van der Waals surface area contributed by atoms with E-state index in [-0.39, 0.29) is 5.82 Å². The van der Waals surface area contributed by atoms with Gasteiger partial charge in [-0.1, -0.05) is 45.2 Å². The highest BCUT2D eigenvalue weighted by Gasteiger charge is 2.33. The molecular formula is C31H42N8O2. The molecule has 0 aromatic carbocycles. The summed E-state index contributed by atoms with van der Waals surface area (Å²) in [5.74, 6) is 3.86. The van der Waals surface area contributed by atoms with Crippen LogP contribution in [0.3, 0.4) is 0 Å². The van der Waals surface area contributed by atoms with Crippen LogP contribution in [0.1, 0.15) is 91.0 Å². The van der Waals surface area contributed by atoms with Crippen LogP contribution < -0.4 is 10.7 Å². The molecule has 0 aliphatic heterocycles. The Labute approximate surface area is 241 Å². The van der Waals surface area contributed by atoms with Crippen LogP contribution in [-0.4, -0.2) is 47.2 Å². The molecule has 41 heavy (non-hydrogen) atoms. The van der Waals surface area contributed by atoms with Crippen molar-refractivity contribution in [3.8, 4) is 23.2 Å². The standard InChI is InChI=1S/C31H42N8O2/c1-6-38(20(5)22-8-7-9-22)30-25-26(33-27(35-30)28-36-31(40)41-37-28)34-29(24-16-23(18(2)3)14-15-32-24)39(25)17-21-12-10-19(4)11-13-21/h14-16,18-22H,6-13,17H2,1-5H3,(H,36,37,40)/t19?,20-,21?/m1/s1. The third kappa shape index (κ3) is 5.40. The summed E-state index contributed by atoms with van der Waals surface area (Å²) in [6.07, 6.45) is 10.5. The minimum atomic E-state index is -0.632. The maximum Gasteiger partial charge on any atom is 0.439 e. The molecule has 4 aromatic rings. The summed E-state index contributed by atoms with van der Waals surface area (Å²) < 4.78 is 7.16. The lowest BCUT2D eigenvalue weighted by Gasteiger charge is -2.39. The Bertz CT molecular complexity index is 1560. The van der Waals surface area contributed by atoms with Gasteiger partial charge in [0.25, 0.3) is 0 Å². The second kappa shape index (κ2) is 11.4. The number of anilines is 1. The molecule has 0 bridgehead atoms. The van der Waals surface area contributed by atoms with E-state index >= 15 is 0 Å². The van der Waals surface area contributed by atoms with Crippen LogP contribution in [0.15, 0.2) is 27.6 Å². The van der Waals surface area contributed by atoms with Crippen molar-refractivity contribution >= 4 is 17.0 Å². The molecular weight excluding hydrogens is 516 g/mol. The van der Waals surface area contributed by atoms with Crippen LogP contribution in [0.5, 0.6) is 0 Å². The Morgan fingerprint density at radius 3 is 2.51 bits per heavy atom. The molecule has 2 fully saturated rings. The third-order valence-corrected chi connectivity index (χ3v) is 9.43. The summed E-state index contributed by atoms with van der Waals surface area (Å²) in [6, 6.07) is 4.54. The minimum absolute atomic E-state index is 0.211. The highest BCUT2D eigenvalue weighted by molar-refractivity contribution is 5.88. The zero-order valence-corrected chi connectivity index (χ0v) is 24.9. The van der Waals surface area contributed by atoms with Crippen LogP contribution in [0.4, 0.5) is 5.82 Å². The number of hydrogen-bond donors (Lipinski definition) is 1. The molecule has 10 nitrogen and oxygen atoms in total. The first-order chi connectivity index (χ1) is 19.8. The first-order valence-corrected chi connectivity index (χ1v) is 15.4. The summed E-state index contributed by atoms with van der Waals surface area (Å²) in [6.45, 7) is 12.9. The predicted octanol–water partition coefficient (Wildman–Crippen LogP) is 6.20. The molecule has 10 heteroatoms. The third-order valence-electron chi connectivity index (χ3n) is 9.43. The molecule has 1 N–H and O–H groups in total. The maximum absolute atomic E-state index is 11.8. The van der Waals surface area contributed by atoms with Gasteiger partial charge in [-0.15, -0.1) is 0 Å². The van der Waals surface area contributed by atoms with Crippen LogP contribution in [0.2, 0.25) is 0 Å². The number of nitrogens with one attached hydrogen (secondary N) is 1. The van der Waals surface area contributed by atoms with Gasteiger partial charge in [-0.3, -0.25) is 14.5 Å². The molecule has 1 atom stereocenters. The van der Waals surface area contributed by atoms with Crippen molar-refractivity contribution in [3.05, 3.63) is 34.4 Å². The van der Waals surface area contributed by atoms with Crippen molar-refractivity contribution in [2.45, 2.75) is 98.1 Å². The SMILES string of the molecule is CCN(c1nc(-c2noc(=O)[nH]2)nc2nc(-c3cc(C(C)C)ccn3)n(CC3CCC(C)CC3)c12)[C@H](C)C1CCC1. The van der Waals surface area contributed by atoms with E-state index in [1.807, 2.05) is 6.20 Å². The Kier molecular flexibility index (Phi) is 7.66. The van der Waals surface area contributed by atoms with Crippen molar-refractivity contribution in [1.29, 1.82) is 0 Å². The number of imidazole rings is 1. The fourth-order valence-electron chi connectivity index (χ4n) is 6.53. The molecule has 218 valence electrons.